The molecule has 0 aromatic carbocycles. The van der Waals surface area contributed by atoms with Gasteiger partial charge >= 0.3 is 0 Å². The van der Waals surface area contributed by atoms with Crippen LogP contribution in [-0.2, 0) is 7.05 Å². The van der Waals surface area contributed by atoms with E-state index in [4.69, 9.17) is 5.73 Å². The van der Waals surface area contributed by atoms with Crippen LogP contribution in [0.3, 0.4) is 0 Å². The van der Waals surface area contributed by atoms with Crippen molar-refractivity contribution in [1.29, 1.82) is 0 Å². The number of hydrogen-bond acceptors (Lipinski definition) is 3. The van der Waals surface area contributed by atoms with Crippen molar-refractivity contribution in [3.05, 3.63) is 34.2 Å². The van der Waals surface area contributed by atoms with Gasteiger partial charge in [0.1, 0.15) is 0 Å². The molecule has 0 radical (unpaired) electrons. The number of rotatable bonds is 5. The summed E-state index contributed by atoms with van der Waals surface area (Å²) >= 11 is 0. The number of hydrogen-bond donors (Lipinski definition) is 2. The van der Waals surface area contributed by atoms with Gasteiger partial charge in [-0.1, -0.05) is 13.8 Å². The fourth-order valence-electron chi connectivity index (χ4n) is 2.12. The third kappa shape index (κ3) is 4.21. The number of amides is 1. The molecule has 5 nitrogen and oxygen atoms in total. The summed E-state index contributed by atoms with van der Waals surface area (Å²) in [4.78, 5) is 23.7. The number of nitrogens with two attached hydrogens (primary N) is 1. The van der Waals surface area contributed by atoms with Gasteiger partial charge in [-0.15, -0.1) is 0 Å². The zero-order chi connectivity index (χ0) is 14.6. The van der Waals surface area contributed by atoms with Crippen LogP contribution in [0.4, 0.5) is 0 Å². The Labute approximate surface area is 113 Å². The van der Waals surface area contributed by atoms with Crippen molar-refractivity contribution >= 4 is 5.91 Å². The van der Waals surface area contributed by atoms with Crippen molar-refractivity contribution in [2.45, 2.75) is 32.7 Å². The molecule has 1 unspecified atom stereocenters. The first-order valence-electron chi connectivity index (χ1n) is 6.46. The Morgan fingerprint density at radius 1 is 1.53 bits per heavy atom. The van der Waals surface area contributed by atoms with Gasteiger partial charge < -0.3 is 15.6 Å². The predicted molar refractivity (Wildman–Crippen MR) is 76.1 cm³/mol. The van der Waals surface area contributed by atoms with Gasteiger partial charge in [0.2, 0.25) is 0 Å². The monoisotopic (exact) mass is 265 g/mol. The minimum atomic E-state index is -0.452. The average molecular weight is 265 g/mol. The van der Waals surface area contributed by atoms with Gasteiger partial charge in [0.25, 0.3) is 11.5 Å². The topological polar surface area (TPSA) is 77.1 Å². The molecule has 19 heavy (non-hydrogen) atoms. The maximum atomic E-state index is 12.1. The van der Waals surface area contributed by atoms with Crippen molar-refractivity contribution in [1.82, 2.24) is 9.88 Å². The van der Waals surface area contributed by atoms with Crippen LogP contribution in [0.1, 0.15) is 37.6 Å². The van der Waals surface area contributed by atoms with E-state index in [1.165, 1.54) is 10.6 Å². The molecule has 0 aliphatic rings. The Bertz CT molecular complexity index is 508. The zero-order valence-electron chi connectivity index (χ0n) is 12.1. The predicted octanol–water partition coefficient (Wildman–Crippen LogP) is 0.879. The molecule has 1 amide bonds. The van der Waals surface area contributed by atoms with Gasteiger partial charge in [-0.05, 0) is 25.3 Å². The maximum Gasteiger partial charge on any atom is 0.251 e. The number of carbonyl (C=O) groups is 1. The standard InChI is InChI=1S/C14H23N3O2/c1-10(2)8-14(3,9-15)16-13(19)11-5-6-17(4)12(18)7-11/h5-7,10H,8-9,15H2,1-4H3,(H,16,19). The van der Waals surface area contributed by atoms with Crippen molar-refractivity contribution in [2.75, 3.05) is 6.54 Å². The van der Waals surface area contributed by atoms with Gasteiger partial charge in [0.05, 0.1) is 0 Å². The lowest BCUT2D eigenvalue weighted by atomic mass is 9.90. The molecular formula is C14H23N3O2. The molecule has 0 fully saturated rings. The molecular weight excluding hydrogens is 242 g/mol. The number of carbonyl (C=O) groups excluding carboxylic acids is 1. The normalized spacial score (nSPS) is 14.2. The summed E-state index contributed by atoms with van der Waals surface area (Å²) in [5, 5.41) is 2.93. The van der Waals surface area contributed by atoms with Gasteiger partial charge in [-0.25, -0.2) is 0 Å². The van der Waals surface area contributed by atoms with Gasteiger partial charge in [0, 0.05) is 37.0 Å². The van der Waals surface area contributed by atoms with Crippen LogP contribution in [-0.4, -0.2) is 22.6 Å². The summed E-state index contributed by atoms with van der Waals surface area (Å²) in [6.07, 6.45) is 2.37. The minimum Gasteiger partial charge on any atom is -0.346 e. The number of pyridine rings is 1. The van der Waals surface area contributed by atoms with E-state index in [0.29, 0.717) is 18.0 Å². The molecule has 0 saturated heterocycles. The third-order valence-electron chi connectivity index (χ3n) is 3.09. The quantitative estimate of drug-likeness (QED) is 0.829. The highest BCUT2D eigenvalue weighted by atomic mass is 16.2. The summed E-state index contributed by atoms with van der Waals surface area (Å²) in [7, 11) is 1.65. The lowest BCUT2D eigenvalue weighted by Gasteiger charge is -2.31. The largest absolute Gasteiger partial charge is 0.346 e. The third-order valence-corrected chi connectivity index (χ3v) is 3.09. The van der Waals surface area contributed by atoms with E-state index in [2.05, 4.69) is 19.2 Å². The van der Waals surface area contributed by atoms with Gasteiger partial charge in [-0.2, -0.15) is 0 Å². The first-order chi connectivity index (χ1) is 8.77. The van der Waals surface area contributed by atoms with Crippen LogP contribution in [0.2, 0.25) is 0 Å². The highest BCUT2D eigenvalue weighted by Crippen LogP contribution is 2.15. The smallest absolute Gasteiger partial charge is 0.251 e. The van der Waals surface area contributed by atoms with Crippen LogP contribution in [0.25, 0.3) is 0 Å². The summed E-state index contributed by atoms with van der Waals surface area (Å²) < 4.78 is 1.42. The van der Waals surface area contributed by atoms with Crippen LogP contribution >= 0.6 is 0 Å². The van der Waals surface area contributed by atoms with E-state index >= 15 is 0 Å². The fraction of sp³-hybridized carbons (Fsp3) is 0.571. The maximum absolute atomic E-state index is 12.1. The average Bonchev–Trinajstić information content (AvgIpc) is 2.31. The Hall–Kier alpha value is -1.62. The molecule has 0 aliphatic carbocycles. The van der Waals surface area contributed by atoms with E-state index in [1.807, 2.05) is 6.92 Å². The Balaban J connectivity index is 2.88. The second-order valence-electron chi connectivity index (χ2n) is 5.68. The molecule has 0 bridgehead atoms. The second kappa shape index (κ2) is 6.02. The SMILES string of the molecule is CC(C)CC(C)(CN)NC(=O)c1ccn(C)c(=O)c1. The summed E-state index contributed by atoms with van der Waals surface area (Å²) in [6.45, 7) is 6.45. The van der Waals surface area contributed by atoms with E-state index in [-0.39, 0.29) is 11.5 Å². The molecule has 0 aliphatic heterocycles. The van der Waals surface area contributed by atoms with Gasteiger partial charge in [0.15, 0.2) is 0 Å². The summed E-state index contributed by atoms with van der Waals surface area (Å²) in [5.74, 6) is 0.170. The molecule has 106 valence electrons. The van der Waals surface area contributed by atoms with Crippen molar-refractivity contribution in [2.24, 2.45) is 18.7 Å². The lowest BCUT2D eigenvalue weighted by molar-refractivity contribution is 0.0898. The minimum absolute atomic E-state index is 0.203. The van der Waals surface area contributed by atoms with Gasteiger partial charge in [-0.3, -0.25) is 9.59 Å². The molecule has 5 heteroatoms. The summed E-state index contributed by atoms with van der Waals surface area (Å²) in [6, 6.07) is 2.96. The van der Waals surface area contributed by atoms with Crippen LogP contribution < -0.4 is 16.6 Å². The van der Waals surface area contributed by atoms with Crippen LogP contribution in [0.15, 0.2) is 23.1 Å². The molecule has 0 spiro atoms. The number of aromatic nitrogens is 1. The molecule has 3 N–H and O–H groups in total. The number of nitrogens with one attached hydrogen (secondary N) is 1. The van der Waals surface area contributed by atoms with E-state index in [0.717, 1.165) is 6.42 Å². The molecule has 0 saturated carbocycles. The van der Waals surface area contributed by atoms with Crippen molar-refractivity contribution < 1.29 is 4.79 Å². The molecule has 1 aromatic rings. The zero-order valence-corrected chi connectivity index (χ0v) is 12.1. The highest BCUT2D eigenvalue weighted by molar-refractivity contribution is 5.94. The first kappa shape index (κ1) is 15.4. The first-order valence-corrected chi connectivity index (χ1v) is 6.46. The summed E-state index contributed by atoms with van der Waals surface area (Å²) in [5.41, 5.74) is 5.47. The Kier molecular flexibility index (Phi) is 4.89. The second-order valence-corrected chi connectivity index (χ2v) is 5.68. The van der Waals surface area contributed by atoms with E-state index in [9.17, 15) is 9.59 Å². The van der Waals surface area contributed by atoms with Crippen LogP contribution in [0, 0.1) is 5.92 Å². The Morgan fingerprint density at radius 3 is 2.63 bits per heavy atom. The lowest BCUT2D eigenvalue weighted by Crippen LogP contribution is -2.52. The fourth-order valence-corrected chi connectivity index (χ4v) is 2.12. The van der Waals surface area contributed by atoms with Crippen LogP contribution in [0.5, 0.6) is 0 Å². The van der Waals surface area contributed by atoms with Crippen molar-refractivity contribution in [3.8, 4) is 0 Å². The number of aryl methyl sites for hydroxylation is 1. The van der Waals surface area contributed by atoms with E-state index < -0.39 is 5.54 Å². The number of nitrogens with zero attached hydrogens (tertiary/aromatic N) is 1. The highest BCUT2D eigenvalue weighted by Gasteiger charge is 2.26. The van der Waals surface area contributed by atoms with E-state index in [1.54, 1.807) is 19.3 Å². The molecule has 1 heterocycles. The molecule has 1 aromatic heterocycles. The Morgan fingerprint density at radius 2 is 2.16 bits per heavy atom. The molecule has 1 rings (SSSR count). The van der Waals surface area contributed by atoms with Crippen molar-refractivity contribution in [3.63, 3.8) is 0 Å². The molecule has 1 atom stereocenters.